The van der Waals surface area contributed by atoms with Gasteiger partial charge in [-0.05, 0) is 60.9 Å². The molecule has 0 fully saturated rings. The highest BCUT2D eigenvalue weighted by Gasteiger charge is 2.07. The second kappa shape index (κ2) is 13.0. The lowest BCUT2D eigenvalue weighted by Crippen LogP contribution is -1.96. The summed E-state index contributed by atoms with van der Waals surface area (Å²) < 4.78 is 1.29. The van der Waals surface area contributed by atoms with Crippen LogP contribution in [0, 0.1) is 6.92 Å². The standard InChI is InChI=1S/C27H37Br/c1-4-6-8-10-12-24-21-27(28)26(13-11-9-7-5-2)20-25(24)19-18-23-16-14-22(3)15-17-23/h14-21H,4-13H2,1-3H3/b19-18+. The van der Waals surface area contributed by atoms with Gasteiger partial charge in [0.2, 0.25) is 0 Å². The van der Waals surface area contributed by atoms with Crippen LogP contribution in [0.15, 0.2) is 40.9 Å². The molecule has 152 valence electrons. The van der Waals surface area contributed by atoms with Gasteiger partial charge in [0.15, 0.2) is 0 Å². The maximum absolute atomic E-state index is 3.85. The summed E-state index contributed by atoms with van der Waals surface area (Å²) in [7, 11) is 0. The van der Waals surface area contributed by atoms with Crippen molar-refractivity contribution in [1.82, 2.24) is 0 Å². The lowest BCUT2D eigenvalue weighted by Gasteiger charge is -2.12. The van der Waals surface area contributed by atoms with Crippen molar-refractivity contribution in [2.45, 2.75) is 85.0 Å². The van der Waals surface area contributed by atoms with Crippen LogP contribution in [0.2, 0.25) is 0 Å². The highest BCUT2D eigenvalue weighted by atomic mass is 79.9. The molecule has 0 amide bonds. The Balaban J connectivity index is 2.19. The van der Waals surface area contributed by atoms with Crippen molar-refractivity contribution in [3.8, 4) is 0 Å². The van der Waals surface area contributed by atoms with Crippen LogP contribution in [0.4, 0.5) is 0 Å². The topological polar surface area (TPSA) is 0 Å². The Labute approximate surface area is 181 Å². The number of hydrogen-bond donors (Lipinski definition) is 0. The molecule has 2 aromatic rings. The third-order valence-electron chi connectivity index (χ3n) is 5.44. The average Bonchev–Trinajstić information content (AvgIpc) is 2.70. The quantitative estimate of drug-likeness (QED) is 0.227. The van der Waals surface area contributed by atoms with Gasteiger partial charge in [-0.2, -0.15) is 0 Å². The van der Waals surface area contributed by atoms with Crippen LogP contribution in [0.5, 0.6) is 0 Å². The first kappa shape index (κ1) is 22.9. The summed E-state index contributed by atoms with van der Waals surface area (Å²) in [6, 6.07) is 13.6. The van der Waals surface area contributed by atoms with E-state index in [1.54, 1.807) is 0 Å². The van der Waals surface area contributed by atoms with Crippen molar-refractivity contribution in [3.63, 3.8) is 0 Å². The maximum atomic E-state index is 3.85. The highest BCUT2D eigenvalue weighted by Crippen LogP contribution is 2.27. The first-order valence-corrected chi connectivity index (χ1v) is 12.0. The van der Waals surface area contributed by atoms with E-state index in [0.29, 0.717) is 0 Å². The third kappa shape index (κ3) is 7.95. The number of benzene rings is 2. The average molecular weight is 441 g/mol. The Kier molecular flexibility index (Phi) is 10.6. The first-order chi connectivity index (χ1) is 13.6. The second-order valence-electron chi connectivity index (χ2n) is 8.01. The first-order valence-electron chi connectivity index (χ1n) is 11.2. The molecule has 2 aromatic carbocycles. The van der Waals surface area contributed by atoms with E-state index in [9.17, 15) is 0 Å². The van der Waals surface area contributed by atoms with Crippen LogP contribution in [0.3, 0.4) is 0 Å². The molecule has 0 nitrogen and oxygen atoms in total. The van der Waals surface area contributed by atoms with Gasteiger partial charge in [0.1, 0.15) is 0 Å². The number of unbranched alkanes of at least 4 members (excludes halogenated alkanes) is 6. The summed E-state index contributed by atoms with van der Waals surface area (Å²) in [5.41, 5.74) is 6.91. The summed E-state index contributed by atoms with van der Waals surface area (Å²) in [6.07, 6.45) is 17.4. The molecule has 0 unspecified atom stereocenters. The zero-order valence-electron chi connectivity index (χ0n) is 18.1. The van der Waals surface area contributed by atoms with Crippen LogP contribution in [0.25, 0.3) is 12.2 Å². The Hall–Kier alpha value is -1.34. The van der Waals surface area contributed by atoms with Crippen molar-refractivity contribution in [2.75, 3.05) is 0 Å². The van der Waals surface area contributed by atoms with Crippen molar-refractivity contribution < 1.29 is 0 Å². The predicted molar refractivity (Wildman–Crippen MR) is 130 cm³/mol. The zero-order valence-corrected chi connectivity index (χ0v) is 19.7. The lowest BCUT2D eigenvalue weighted by molar-refractivity contribution is 0.662. The van der Waals surface area contributed by atoms with Crippen LogP contribution < -0.4 is 0 Å². The minimum atomic E-state index is 1.17. The van der Waals surface area contributed by atoms with Crippen LogP contribution in [0.1, 0.15) is 93.0 Å². The van der Waals surface area contributed by atoms with E-state index in [1.807, 2.05) is 0 Å². The summed E-state index contributed by atoms with van der Waals surface area (Å²) in [6.45, 7) is 6.69. The Bertz CT molecular complexity index is 725. The van der Waals surface area contributed by atoms with Crippen LogP contribution in [-0.2, 0) is 12.8 Å². The molecule has 0 aromatic heterocycles. The van der Waals surface area contributed by atoms with E-state index in [0.717, 1.165) is 0 Å². The van der Waals surface area contributed by atoms with Gasteiger partial charge in [-0.1, -0.05) is 116 Å². The molecule has 0 aliphatic rings. The zero-order chi connectivity index (χ0) is 20.2. The molecule has 0 saturated carbocycles. The fraction of sp³-hybridized carbons (Fsp3) is 0.481. The molecule has 1 heteroatoms. The van der Waals surface area contributed by atoms with Crippen molar-refractivity contribution >= 4 is 28.1 Å². The fourth-order valence-electron chi connectivity index (χ4n) is 3.59. The van der Waals surface area contributed by atoms with Crippen molar-refractivity contribution in [3.05, 3.63) is 68.7 Å². The molecule has 0 atom stereocenters. The highest BCUT2D eigenvalue weighted by molar-refractivity contribution is 9.10. The summed E-state index contributed by atoms with van der Waals surface area (Å²) in [4.78, 5) is 0. The van der Waals surface area contributed by atoms with E-state index in [1.165, 1.54) is 96.5 Å². The summed E-state index contributed by atoms with van der Waals surface area (Å²) in [5, 5.41) is 0. The molecular weight excluding hydrogens is 404 g/mol. The van der Waals surface area contributed by atoms with Crippen LogP contribution >= 0.6 is 15.9 Å². The van der Waals surface area contributed by atoms with Gasteiger partial charge in [-0.15, -0.1) is 0 Å². The van der Waals surface area contributed by atoms with Gasteiger partial charge < -0.3 is 0 Å². The normalized spacial score (nSPS) is 11.4. The SMILES string of the molecule is CCCCCCc1cc(/C=C/c2ccc(C)cc2)c(CCCCCC)cc1Br. The van der Waals surface area contributed by atoms with E-state index < -0.39 is 0 Å². The van der Waals surface area contributed by atoms with E-state index in [2.05, 4.69) is 85.3 Å². The van der Waals surface area contributed by atoms with Crippen molar-refractivity contribution in [1.29, 1.82) is 0 Å². The smallest absolute Gasteiger partial charge is 0.0210 e. The molecule has 28 heavy (non-hydrogen) atoms. The fourth-order valence-corrected chi connectivity index (χ4v) is 4.18. The molecule has 0 spiro atoms. The van der Waals surface area contributed by atoms with Gasteiger partial charge in [0.25, 0.3) is 0 Å². The van der Waals surface area contributed by atoms with Gasteiger partial charge >= 0.3 is 0 Å². The maximum Gasteiger partial charge on any atom is 0.0210 e. The summed E-state index contributed by atoms with van der Waals surface area (Å²) in [5.74, 6) is 0. The minimum absolute atomic E-state index is 1.17. The van der Waals surface area contributed by atoms with E-state index in [4.69, 9.17) is 0 Å². The lowest BCUT2D eigenvalue weighted by atomic mass is 9.95. The van der Waals surface area contributed by atoms with Gasteiger partial charge in [-0.3, -0.25) is 0 Å². The third-order valence-corrected chi connectivity index (χ3v) is 6.18. The van der Waals surface area contributed by atoms with Crippen molar-refractivity contribution in [2.24, 2.45) is 0 Å². The predicted octanol–water partition coefficient (Wildman–Crippen LogP) is 9.17. The molecule has 0 saturated heterocycles. The van der Waals surface area contributed by atoms with E-state index >= 15 is 0 Å². The molecule has 0 bridgehead atoms. The number of rotatable bonds is 12. The van der Waals surface area contributed by atoms with Gasteiger partial charge in [-0.25, -0.2) is 0 Å². The molecule has 0 heterocycles. The Morgan fingerprint density at radius 2 is 1.32 bits per heavy atom. The monoisotopic (exact) mass is 440 g/mol. The molecular formula is C27H37Br. The number of aryl methyl sites for hydroxylation is 3. The number of hydrogen-bond acceptors (Lipinski definition) is 0. The molecule has 0 radical (unpaired) electrons. The van der Waals surface area contributed by atoms with E-state index in [-0.39, 0.29) is 0 Å². The minimum Gasteiger partial charge on any atom is -0.0654 e. The van der Waals surface area contributed by atoms with Gasteiger partial charge in [0, 0.05) is 4.47 Å². The Morgan fingerprint density at radius 1 is 0.714 bits per heavy atom. The van der Waals surface area contributed by atoms with Crippen LogP contribution in [-0.4, -0.2) is 0 Å². The summed E-state index contributed by atoms with van der Waals surface area (Å²) >= 11 is 3.85. The number of halogens is 1. The second-order valence-corrected chi connectivity index (χ2v) is 8.86. The Morgan fingerprint density at radius 3 is 1.93 bits per heavy atom. The molecule has 2 rings (SSSR count). The largest absolute Gasteiger partial charge is 0.0654 e. The molecule has 0 aliphatic carbocycles. The molecule has 0 N–H and O–H groups in total. The molecule has 0 aliphatic heterocycles. The van der Waals surface area contributed by atoms with Gasteiger partial charge in [0.05, 0.1) is 0 Å².